The van der Waals surface area contributed by atoms with Gasteiger partial charge in [0.15, 0.2) is 0 Å². The van der Waals surface area contributed by atoms with Crippen molar-refractivity contribution in [2.75, 3.05) is 0 Å². The van der Waals surface area contributed by atoms with Gasteiger partial charge in [-0.3, -0.25) is 20.1 Å². The third kappa shape index (κ3) is 5.45. The van der Waals surface area contributed by atoms with Gasteiger partial charge in [0.1, 0.15) is 11.2 Å². The van der Waals surface area contributed by atoms with Crippen molar-refractivity contribution in [2.24, 2.45) is 0 Å². The van der Waals surface area contributed by atoms with E-state index in [-0.39, 0.29) is 0 Å². The standard InChI is InChI=1S/C49H31N13/c1-5-14-33-29(10-1)19-20-38(55-33)45-44(47-32-13-4-8-17-36(32)58-61-47)42(39-26-30-11-2-6-15-34(30)56-39)43(37-21-23-54-62-59-37)46(40-28-50-24-25-51-40)49(45,41-18-9-22-53-60-41)48-52-27-31-12-3-7-16-35(31)57-48/h1-28,45,56H,(H,58,61). The van der Waals surface area contributed by atoms with Crippen LogP contribution in [-0.4, -0.2) is 65.7 Å². The Bertz CT molecular complexity index is 3510. The number of nitrogens with one attached hydrogen (secondary N) is 2. The molecule has 0 saturated carbocycles. The summed E-state index contributed by atoms with van der Waals surface area (Å²) in [6.07, 6.45) is 10.3. The third-order valence-corrected chi connectivity index (χ3v) is 11.7. The van der Waals surface area contributed by atoms with Crippen LogP contribution in [0, 0.1) is 0 Å². The zero-order valence-corrected chi connectivity index (χ0v) is 32.7. The quantitative estimate of drug-likeness (QED) is 0.158. The molecule has 62 heavy (non-hydrogen) atoms. The van der Waals surface area contributed by atoms with Crippen LogP contribution in [0.15, 0.2) is 171 Å². The van der Waals surface area contributed by atoms with Crippen molar-refractivity contribution in [3.63, 3.8) is 0 Å². The van der Waals surface area contributed by atoms with Crippen molar-refractivity contribution in [1.82, 2.24) is 65.7 Å². The highest BCUT2D eigenvalue weighted by Gasteiger charge is 2.58. The van der Waals surface area contributed by atoms with Crippen LogP contribution in [0.2, 0.25) is 0 Å². The third-order valence-electron chi connectivity index (χ3n) is 11.7. The Morgan fingerprint density at radius 3 is 2.18 bits per heavy atom. The fraction of sp³-hybridized carbons (Fsp3) is 0.0408. The second-order valence-corrected chi connectivity index (χ2v) is 15.1. The van der Waals surface area contributed by atoms with E-state index in [2.05, 4.69) is 68.0 Å². The monoisotopic (exact) mass is 801 g/mol. The van der Waals surface area contributed by atoms with Crippen LogP contribution in [0.1, 0.15) is 45.9 Å². The first-order valence-electron chi connectivity index (χ1n) is 20.0. The van der Waals surface area contributed by atoms with Crippen molar-refractivity contribution in [3.05, 3.63) is 211 Å². The van der Waals surface area contributed by atoms with Gasteiger partial charge in [0.2, 0.25) is 0 Å². The number of pyridine rings is 1. The molecule has 2 N–H and O–H groups in total. The van der Waals surface area contributed by atoms with E-state index in [1.807, 2.05) is 97.2 Å². The predicted octanol–water partition coefficient (Wildman–Crippen LogP) is 8.61. The Morgan fingerprint density at radius 1 is 0.565 bits per heavy atom. The topological polar surface area (TPSA) is 173 Å². The number of benzene rings is 4. The number of fused-ring (bicyclic) bond motifs is 4. The zero-order chi connectivity index (χ0) is 41.0. The van der Waals surface area contributed by atoms with E-state index < -0.39 is 11.3 Å². The van der Waals surface area contributed by atoms with E-state index >= 15 is 0 Å². The molecule has 0 bridgehead atoms. The number of para-hydroxylation sites is 4. The van der Waals surface area contributed by atoms with Crippen molar-refractivity contribution in [2.45, 2.75) is 11.3 Å². The van der Waals surface area contributed by atoms with Gasteiger partial charge in [-0.2, -0.15) is 15.3 Å². The minimum Gasteiger partial charge on any atom is -0.354 e. The number of nitrogens with zero attached hydrogens (tertiary/aromatic N) is 11. The fourth-order valence-corrected chi connectivity index (χ4v) is 9.18. The molecule has 0 radical (unpaired) electrons. The van der Waals surface area contributed by atoms with Crippen LogP contribution >= 0.6 is 0 Å². The number of hydrogen-bond acceptors (Lipinski definition) is 11. The Balaban J connectivity index is 1.38. The van der Waals surface area contributed by atoms with Gasteiger partial charge in [-0.1, -0.05) is 78.9 Å². The Morgan fingerprint density at radius 2 is 1.37 bits per heavy atom. The second-order valence-electron chi connectivity index (χ2n) is 15.1. The maximum Gasteiger partial charge on any atom is 0.146 e. The van der Waals surface area contributed by atoms with Gasteiger partial charge < -0.3 is 4.98 Å². The summed E-state index contributed by atoms with van der Waals surface area (Å²) in [5.74, 6) is -0.335. The molecular formula is C49H31N13. The number of allylic oxidation sites excluding steroid dienone is 4. The van der Waals surface area contributed by atoms with E-state index in [4.69, 9.17) is 40.2 Å². The summed E-state index contributed by atoms with van der Waals surface area (Å²) >= 11 is 0. The van der Waals surface area contributed by atoms with E-state index in [1.165, 1.54) is 0 Å². The van der Waals surface area contributed by atoms with Crippen LogP contribution in [0.25, 0.3) is 65.9 Å². The van der Waals surface area contributed by atoms with Crippen molar-refractivity contribution < 1.29 is 0 Å². The van der Waals surface area contributed by atoms with Crippen LogP contribution in [-0.2, 0) is 5.41 Å². The van der Waals surface area contributed by atoms with Crippen molar-refractivity contribution in [1.29, 1.82) is 0 Å². The minimum atomic E-state index is -1.46. The van der Waals surface area contributed by atoms with Crippen LogP contribution < -0.4 is 0 Å². The summed E-state index contributed by atoms with van der Waals surface area (Å²) in [7, 11) is 0. The van der Waals surface area contributed by atoms with Gasteiger partial charge in [0, 0.05) is 79.8 Å². The van der Waals surface area contributed by atoms with Crippen LogP contribution in [0.4, 0.5) is 0 Å². The van der Waals surface area contributed by atoms with Crippen molar-refractivity contribution in [3.8, 4) is 0 Å². The molecule has 0 saturated heterocycles. The van der Waals surface area contributed by atoms with Gasteiger partial charge >= 0.3 is 0 Å². The lowest BCUT2D eigenvalue weighted by Gasteiger charge is -2.46. The van der Waals surface area contributed by atoms with Gasteiger partial charge in [-0.25, -0.2) is 9.97 Å². The highest BCUT2D eigenvalue weighted by molar-refractivity contribution is 6.27. The highest BCUT2D eigenvalue weighted by atomic mass is 15.3. The highest BCUT2D eigenvalue weighted by Crippen LogP contribution is 2.64. The Hall–Kier alpha value is -8.71. The normalized spacial score (nSPS) is 16.8. The van der Waals surface area contributed by atoms with E-state index in [0.717, 1.165) is 60.5 Å². The Labute approximate surface area is 352 Å². The lowest BCUT2D eigenvalue weighted by Crippen LogP contribution is -2.43. The molecule has 4 aromatic carbocycles. The minimum absolute atomic E-state index is 0.435. The molecule has 7 aromatic heterocycles. The molecule has 2 unspecified atom stereocenters. The largest absolute Gasteiger partial charge is 0.354 e. The number of hydrogen-bond donors (Lipinski definition) is 2. The van der Waals surface area contributed by atoms with Crippen LogP contribution in [0.3, 0.4) is 0 Å². The van der Waals surface area contributed by atoms with Gasteiger partial charge in [0.25, 0.3) is 0 Å². The predicted molar refractivity (Wildman–Crippen MR) is 237 cm³/mol. The maximum absolute atomic E-state index is 5.56. The first kappa shape index (κ1) is 35.3. The molecule has 1 aliphatic carbocycles. The first-order valence-corrected chi connectivity index (χ1v) is 20.0. The SMILES string of the molecule is c1cnnc(C2(c3ncc4ccccc4n3)C(c3cnccn3)=C(c3ccnnn3)C(c3cc4ccccc4[nH]3)=C(c3n[nH]c4ccccc34)C2c2ccc3ccccc3n2)c1. The molecule has 0 amide bonds. The molecule has 2 atom stereocenters. The van der Waals surface area contributed by atoms with Crippen molar-refractivity contribution >= 4 is 65.9 Å². The lowest BCUT2D eigenvalue weighted by molar-refractivity contribution is 0.529. The van der Waals surface area contributed by atoms with Gasteiger partial charge in [-0.15, -0.1) is 10.2 Å². The summed E-state index contributed by atoms with van der Waals surface area (Å²) < 4.78 is 0. The molecular weight excluding hydrogens is 771 g/mol. The molecule has 0 aliphatic heterocycles. The molecule has 13 heteroatoms. The number of aromatic nitrogens is 13. The molecule has 7 heterocycles. The lowest BCUT2D eigenvalue weighted by atomic mass is 9.55. The molecule has 11 aromatic rings. The second kappa shape index (κ2) is 14.2. The summed E-state index contributed by atoms with van der Waals surface area (Å²) in [6, 6.07) is 44.5. The average molecular weight is 802 g/mol. The number of aromatic amines is 2. The zero-order valence-electron chi connectivity index (χ0n) is 32.7. The van der Waals surface area contributed by atoms with E-state index in [0.29, 0.717) is 45.4 Å². The molecule has 0 fully saturated rings. The smallest absolute Gasteiger partial charge is 0.146 e. The maximum atomic E-state index is 5.56. The van der Waals surface area contributed by atoms with E-state index in [9.17, 15) is 0 Å². The van der Waals surface area contributed by atoms with Crippen LogP contribution in [0.5, 0.6) is 0 Å². The summed E-state index contributed by atoms with van der Waals surface area (Å²) in [5.41, 5.74) is 8.65. The fourth-order valence-electron chi connectivity index (χ4n) is 9.18. The Kier molecular flexibility index (Phi) is 8.10. The molecule has 292 valence electrons. The summed E-state index contributed by atoms with van der Waals surface area (Å²) in [4.78, 5) is 30.0. The average Bonchev–Trinajstić information content (AvgIpc) is 3.98. The van der Waals surface area contributed by atoms with Gasteiger partial charge in [0.05, 0.1) is 63.3 Å². The molecule has 12 rings (SSSR count). The molecule has 13 nitrogen and oxygen atoms in total. The summed E-state index contributed by atoms with van der Waals surface area (Å²) in [5, 5.41) is 35.2. The molecule has 1 aliphatic rings. The summed E-state index contributed by atoms with van der Waals surface area (Å²) in [6.45, 7) is 0. The number of rotatable bonds is 7. The van der Waals surface area contributed by atoms with E-state index in [1.54, 1.807) is 31.0 Å². The first-order chi connectivity index (χ1) is 30.8. The number of H-pyrrole nitrogens is 2. The molecule has 0 spiro atoms. The van der Waals surface area contributed by atoms with Gasteiger partial charge in [-0.05, 0) is 59.8 Å².